The van der Waals surface area contributed by atoms with E-state index in [0.717, 1.165) is 21.7 Å². The summed E-state index contributed by atoms with van der Waals surface area (Å²) in [5, 5.41) is 13.2. The number of carbonyl (C=O) groups excluding carboxylic acids is 1. The predicted octanol–water partition coefficient (Wildman–Crippen LogP) is 1.78. The molecule has 2 rings (SSSR count). The summed E-state index contributed by atoms with van der Waals surface area (Å²) in [4.78, 5) is 12.2. The molecule has 0 bridgehead atoms. The fourth-order valence-corrected chi connectivity index (χ4v) is 3.02. The molecular formula is C20H26N2O5S. The Kier molecular flexibility index (Phi) is 7.98. The number of alkyl carbamates (subject to hydrolysis) is 1. The molecule has 2 aromatic rings. The summed E-state index contributed by atoms with van der Waals surface area (Å²) in [6, 6.07) is 17.9. The van der Waals surface area contributed by atoms with Crippen molar-refractivity contribution in [3.63, 3.8) is 0 Å². The number of nitrogens with one attached hydrogen (secondary N) is 1. The second kappa shape index (κ2) is 10.2. The highest BCUT2D eigenvalue weighted by Crippen LogP contribution is 2.10. The number of hydrogen-bond acceptors (Lipinski definition) is 5. The Morgan fingerprint density at radius 2 is 1.61 bits per heavy atom. The monoisotopic (exact) mass is 406 g/mol. The summed E-state index contributed by atoms with van der Waals surface area (Å²) in [6.07, 6.45) is -0.386. The van der Waals surface area contributed by atoms with E-state index in [-0.39, 0.29) is 13.2 Å². The van der Waals surface area contributed by atoms with E-state index in [1.807, 2.05) is 60.7 Å². The maximum Gasteiger partial charge on any atom is 0.407 e. The third-order valence-corrected chi connectivity index (χ3v) is 5.57. The van der Waals surface area contributed by atoms with Crippen molar-refractivity contribution >= 4 is 16.1 Å². The molecule has 152 valence electrons. The zero-order valence-corrected chi connectivity index (χ0v) is 16.8. The van der Waals surface area contributed by atoms with Crippen LogP contribution in [-0.2, 0) is 27.8 Å². The predicted molar refractivity (Wildman–Crippen MR) is 107 cm³/mol. The second-order valence-corrected chi connectivity index (χ2v) is 8.70. The summed E-state index contributed by atoms with van der Waals surface area (Å²) >= 11 is 0. The number of hydrogen-bond donors (Lipinski definition) is 2. The first-order valence-electron chi connectivity index (χ1n) is 8.86. The van der Waals surface area contributed by atoms with E-state index in [2.05, 4.69) is 5.32 Å². The lowest BCUT2D eigenvalue weighted by molar-refractivity contribution is 0.0922. The Hall–Kier alpha value is -2.42. The average molecular weight is 407 g/mol. The van der Waals surface area contributed by atoms with Gasteiger partial charge in [0, 0.05) is 13.6 Å². The van der Waals surface area contributed by atoms with E-state index in [1.165, 1.54) is 7.05 Å². The second-order valence-electron chi connectivity index (χ2n) is 6.61. The molecule has 2 atom stereocenters. The number of likely N-dealkylation sites (N-methyl/N-ethyl adjacent to an activating group) is 1. The normalized spacial score (nSPS) is 13.7. The van der Waals surface area contributed by atoms with Crippen LogP contribution in [-0.4, -0.2) is 55.9 Å². The van der Waals surface area contributed by atoms with E-state index >= 15 is 0 Å². The number of aliphatic hydroxyl groups excluding tert-OH is 1. The number of rotatable bonds is 9. The van der Waals surface area contributed by atoms with Gasteiger partial charge in [-0.25, -0.2) is 17.5 Å². The van der Waals surface area contributed by atoms with Crippen LogP contribution in [0.25, 0.3) is 0 Å². The van der Waals surface area contributed by atoms with Crippen LogP contribution in [0, 0.1) is 0 Å². The Morgan fingerprint density at radius 1 is 1.07 bits per heavy atom. The Balaban J connectivity index is 2.03. The van der Waals surface area contributed by atoms with E-state index in [1.54, 1.807) is 0 Å². The first-order chi connectivity index (χ1) is 13.3. The van der Waals surface area contributed by atoms with Crippen LogP contribution in [0.2, 0.25) is 0 Å². The lowest BCUT2D eigenvalue weighted by atomic mass is 10.0. The van der Waals surface area contributed by atoms with Gasteiger partial charge in [0.05, 0.1) is 18.4 Å². The molecule has 0 spiro atoms. The number of sulfonamides is 1. The first-order valence-corrected chi connectivity index (χ1v) is 10.7. The van der Waals surface area contributed by atoms with Gasteiger partial charge in [0.15, 0.2) is 0 Å². The third kappa shape index (κ3) is 7.30. The van der Waals surface area contributed by atoms with Gasteiger partial charge in [0.2, 0.25) is 10.0 Å². The van der Waals surface area contributed by atoms with Gasteiger partial charge in [-0.2, -0.15) is 0 Å². The number of nitrogens with zero attached hydrogens (tertiary/aromatic N) is 1. The van der Waals surface area contributed by atoms with Crippen LogP contribution < -0.4 is 5.32 Å². The van der Waals surface area contributed by atoms with Crippen LogP contribution in [0.3, 0.4) is 0 Å². The van der Waals surface area contributed by atoms with Gasteiger partial charge in [-0.1, -0.05) is 60.7 Å². The fourth-order valence-electron chi connectivity index (χ4n) is 2.59. The first kappa shape index (κ1) is 21.9. The minimum absolute atomic E-state index is 0.101. The molecule has 28 heavy (non-hydrogen) atoms. The molecule has 0 fully saturated rings. The maximum atomic E-state index is 12.2. The molecule has 2 aromatic carbocycles. The molecule has 0 aliphatic rings. The molecule has 7 nitrogen and oxygen atoms in total. The van der Waals surface area contributed by atoms with Crippen LogP contribution >= 0.6 is 0 Å². The zero-order chi connectivity index (χ0) is 20.6. The van der Waals surface area contributed by atoms with Crippen LogP contribution in [0.1, 0.15) is 11.1 Å². The molecule has 0 radical (unpaired) electrons. The molecule has 1 amide bonds. The summed E-state index contributed by atoms with van der Waals surface area (Å²) in [7, 11) is -2.07. The highest BCUT2D eigenvalue weighted by Gasteiger charge is 2.26. The Morgan fingerprint density at radius 3 is 2.14 bits per heavy atom. The van der Waals surface area contributed by atoms with Crippen molar-refractivity contribution in [2.45, 2.75) is 25.2 Å². The van der Waals surface area contributed by atoms with Gasteiger partial charge in [-0.15, -0.1) is 0 Å². The zero-order valence-electron chi connectivity index (χ0n) is 16.0. The Bertz CT molecular complexity index is 843. The topological polar surface area (TPSA) is 95.9 Å². The highest BCUT2D eigenvalue weighted by molar-refractivity contribution is 7.88. The van der Waals surface area contributed by atoms with Gasteiger partial charge < -0.3 is 15.2 Å². The van der Waals surface area contributed by atoms with Crippen molar-refractivity contribution in [2.24, 2.45) is 0 Å². The van der Waals surface area contributed by atoms with Crippen molar-refractivity contribution in [3.05, 3.63) is 71.8 Å². The SMILES string of the molecule is CN(C[C@@H](O)[C@H](Cc1ccccc1)NC(=O)OCc1ccccc1)S(C)(=O)=O. The van der Waals surface area contributed by atoms with Gasteiger partial charge in [-0.05, 0) is 17.5 Å². The van der Waals surface area contributed by atoms with E-state index in [0.29, 0.717) is 6.42 Å². The number of amides is 1. The maximum absolute atomic E-state index is 12.2. The molecule has 0 aliphatic heterocycles. The van der Waals surface area contributed by atoms with Gasteiger partial charge in [-0.3, -0.25) is 0 Å². The molecule has 8 heteroatoms. The molecule has 0 heterocycles. The largest absolute Gasteiger partial charge is 0.445 e. The fraction of sp³-hybridized carbons (Fsp3) is 0.350. The molecule has 0 saturated carbocycles. The lowest BCUT2D eigenvalue weighted by Crippen LogP contribution is -2.49. The van der Waals surface area contributed by atoms with E-state index < -0.39 is 28.3 Å². The van der Waals surface area contributed by atoms with Gasteiger partial charge in [0.25, 0.3) is 0 Å². The minimum Gasteiger partial charge on any atom is -0.445 e. The summed E-state index contributed by atoms with van der Waals surface area (Å²) in [5.41, 5.74) is 1.74. The van der Waals surface area contributed by atoms with Crippen molar-refractivity contribution in [3.8, 4) is 0 Å². The standard InChI is InChI=1S/C20H26N2O5S/c1-22(28(2,25)26)14-19(23)18(13-16-9-5-3-6-10-16)21-20(24)27-15-17-11-7-4-8-12-17/h3-12,18-19,23H,13-15H2,1-2H3,(H,21,24)/t18-,19+/m0/s1. The number of carbonyl (C=O) groups is 1. The van der Waals surface area contributed by atoms with Crippen LogP contribution in [0.5, 0.6) is 0 Å². The van der Waals surface area contributed by atoms with E-state index in [4.69, 9.17) is 4.74 Å². The lowest BCUT2D eigenvalue weighted by Gasteiger charge is -2.27. The van der Waals surface area contributed by atoms with Crippen LogP contribution in [0.4, 0.5) is 4.79 Å². The number of ether oxygens (including phenoxy) is 1. The molecular weight excluding hydrogens is 380 g/mol. The summed E-state index contributed by atoms with van der Waals surface area (Å²) in [5.74, 6) is 0. The molecule has 0 aromatic heterocycles. The smallest absolute Gasteiger partial charge is 0.407 e. The van der Waals surface area contributed by atoms with E-state index in [9.17, 15) is 18.3 Å². The highest BCUT2D eigenvalue weighted by atomic mass is 32.2. The quantitative estimate of drug-likeness (QED) is 0.662. The Labute approximate surface area is 166 Å². The number of aliphatic hydroxyl groups is 1. The average Bonchev–Trinajstić information content (AvgIpc) is 2.66. The molecule has 0 aliphatic carbocycles. The third-order valence-electron chi connectivity index (χ3n) is 4.29. The van der Waals surface area contributed by atoms with Crippen LogP contribution in [0.15, 0.2) is 60.7 Å². The van der Waals surface area contributed by atoms with Gasteiger partial charge in [0.1, 0.15) is 6.61 Å². The molecule has 0 unspecified atom stereocenters. The van der Waals surface area contributed by atoms with Crippen molar-refractivity contribution < 1.29 is 23.1 Å². The number of benzene rings is 2. The molecule has 2 N–H and O–H groups in total. The van der Waals surface area contributed by atoms with Crippen molar-refractivity contribution in [1.29, 1.82) is 0 Å². The summed E-state index contributed by atoms with van der Waals surface area (Å²) in [6.45, 7) is -0.0423. The van der Waals surface area contributed by atoms with Crippen molar-refractivity contribution in [1.82, 2.24) is 9.62 Å². The van der Waals surface area contributed by atoms with Gasteiger partial charge >= 0.3 is 6.09 Å². The molecule has 0 saturated heterocycles. The van der Waals surface area contributed by atoms with Crippen molar-refractivity contribution in [2.75, 3.05) is 19.8 Å². The minimum atomic E-state index is -3.45. The summed E-state index contributed by atoms with van der Waals surface area (Å²) < 4.78 is 29.5.